The number of aromatic nitrogens is 1. The average molecular weight is 253 g/mol. The number of aryl methyl sites for hydroxylation is 1. The normalized spacial score (nSPS) is 10.8. The molecule has 0 aliphatic carbocycles. The van der Waals surface area contributed by atoms with Crippen molar-refractivity contribution in [2.24, 2.45) is 7.05 Å². The zero-order chi connectivity index (χ0) is 12.6. The quantitative estimate of drug-likeness (QED) is 0.660. The number of rotatable bonds is 2. The first-order valence-electron chi connectivity index (χ1n) is 5.26. The van der Waals surface area contributed by atoms with Crippen LogP contribution in [0.2, 0.25) is 5.02 Å². The molecule has 1 aromatic carbocycles. The molecule has 1 heterocycles. The molecule has 0 spiro atoms. The van der Waals surface area contributed by atoms with Crippen molar-refractivity contribution in [1.82, 2.24) is 4.57 Å². The minimum Gasteiger partial charge on any atom is -0.461 e. The maximum absolute atomic E-state index is 11.8. The van der Waals surface area contributed by atoms with E-state index >= 15 is 0 Å². The van der Waals surface area contributed by atoms with E-state index in [1.54, 1.807) is 30.7 Å². The molecule has 0 saturated carbocycles. The van der Waals surface area contributed by atoms with Crippen molar-refractivity contribution in [3.8, 4) is 0 Å². The van der Waals surface area contributed by atoms with E-state index in [-0.39, 0.29) is 0 Å². The summed E-state index contributed by atoms with van der Waals surface area (Å²) in [6.45, 7) is 2.07. The van der Waals surface area contributed by atoms with Gasteiger partial charge in [0.15, 0.2) is 0 Å². The fraction of sp³-hybridized carbons (Fsp3) is 0.250. The van der Waals surface area contributed by atoms with Crippen LogP contribution < -0.4 is 5.73 Å². The van der Waals surface area contributed by atoms with Crippen LogP contribution in [-0.2, 0) is 11.8 Å². The van der Waals surface area contributed by atoms with E-state index in [1.807, 2.05) is 6.07 Å². The van der Waals surface area contributed by atoms with Gasteiger partial charge in [-0.25, -0.2) is 4.79 Å². The minimum absolute atomic E-state index is 0.318. The van der Waals surface area contributed by atoms with Crippen LogP contribution in [0.15, 0.2) is 18.2 Å². The summed E-state index contributed by atoms with van der Waals surface area (Å²) in [6, 6.07) is 5.35. The summed E-state index contributed by atoms with van der Waals surface area (Å²) in [5, 5.41) is 1.14. The van der Waals surface area contributed by atoms with Crippen LogP contribution >= 0.6 is 11.6 Å². The van der Waals surface area contributed by atoms with Gasteiger partial charge in [0, 0.05) is 18.1 Å². The third-order valence-electron chi connectivity index (χ3n) is 2.63. The van der Waals surface area contributed by atoms with Crippen molar-refractivity contribution in [3.63, 3.8) is 0 Å². The maximum atomic E-state index is 11.8. The van der Waals surface area contributed by atoms with Crippen LogP contribution in [0.1, 0.15) is 17.4 Å². The molecule has 2 rings (SSSR count). The molecule has 2 N–H and O–H groups in total. The molecule has 0 bridgehead atoms. The third-order valence-corrected chi connectivity index (χ3v) is 3.01. The lowest BCUT2D eigenvalue weighted by atomic mass is 10.2. The number of carbonyl (C=O) groups excluding carboxylic acids is 1. The predicted molar refractivity (Wildman–Crippen MR) is 68.3 cm³/mol. The molecule has 1 aromatic heterocycles. The van der Waals surface area contributed by atoms with Crippen molar-refractivity contribution >= 4 is 34.2 Å². The van der Waals surface area contributed by atoms with Gasteiger partial charge in [0.1, 0.15) is 5.69 Å². The van der Waals surface area contributed by atoms with Gasteiger partial charge < -0.3 is 15.0 Å². The van der Waals surface area contributed by atoms with Crippen LogP contribution in [0.25, 0.3) is 10.9 Å². The molecule has 90 valence electrons. The number of esters is 1. The third kappa shape index (κ3) is 1.85. The van der Waals surface area contributed by atoms with Crippen molar-refractivity contribution in [2.45, 2.75) is 6.92 Å². The fourth-order valence-corrected chi connectivity index (χ4v) is 2.20. The van der Waals surface area contributed by atoms with E-state index in [9.17, 15) is 4.79 Å². The summed E-state index contributed by atoms with van der Waals surface area (Å²) in [6.07, 6.45) is 0. The Morgan fingerprint density at radius 1 is 1.53 bits per heavy atom. The fourth-order valence-electron chi connectivity index (χ4n) is 1.84. The topological polar surface area (TPSA) is 57.2 Å². The van der Waals surface area contributed by atoms with Crippen LogP contribution in [0.5, 0.6) is 0 Å². The van der Waals surface area contributed by atoms with Crippen molar-refractivity contribution in [2.75, 3.05) is 12.3 Å². The van der Waals surface area contributed by atoms with Crippen molar-refractivity contribution < 1.29 is 9.53 Å². The second kappa shape index (κ2) is 4.30. The molecular weight excluding hydrogens is 240 g/mol. The molecule has 17 heavy (non-hydrogen) atoms. The second-order valence-electron chi connectivity index (χ2n) is 3.72. The van der Waals surface area contributed by atoms with E-state index in [2.05, 4.69) is 0 Å². The highest BCUT2D eigenvalue weighted by Crippen LogP contribution is 2.31. The first-order chi connectivity index (χ1) is 8.06. The molecule has 0 saturated heterocycles. The number of nitrogen functional groups attached to an aromatic ring is 1. The summed E-state index contributed by atoms with van der Waals surface area (Å²) in [4.78, 5) is 11.8. The SMILES string of the molecule is CCOC(=O)c1c(Cl)c2cc(N)ccc2n1C. The molecule has 0 fully saturated rings. The van der Waals surface area contributed by atoms with Gasteiger partial charge in [0.2, 0.25) is 0 Å². The number of halogens is 1. The average Bonchev–Trinajstić information content (AvgIpc) is 2.52. The van der Waals surface area contributed by atoms with Crippen molar-refractivity contribution in [1.29, 1.82) is 0 Å². The summed E-state index contributed by atoms with van der Waals surface area (Å²) < 4.78 is 6.69. The zero-order valence-corrected chi connectivity index (χ0v) is 10.4. The van der Waals surface area contributed by atoms with Crippen LogP contribution in [0, 0.1) is 0 Å². The van der Waals surface area contributed by atoms with Gasteiger partial charge in [0.25, 0.3) is 0 Å². The van der Waals surface area contributed by atoms with Gasteiger partial charge in [0.05, 0.1) is 17.1 Å². The van der Waals surface area contributed by atoms with Gasteiger partial charge >= 0.3 is 5.97 Å². The standard InChI is InChI=1S/C12H13ClN2O2/c1-3-17-12(16)11-10(13)8-6-7(14)4-5-9(8)15(11)2/h4-6H,3,14H2,1-2H3. The smallest absolute Gasteiger partial charge is 0.356 e. The number of carbonyl (C=O) groups is 1. The van der Waals surface area contributed by atoms with Crippen LogP contribution in [-0.4, -0.2) is 17.1 Å². The number of ether oxygens (including phenoxy) is 1. The Hall–Kier alpha value is -1.68. The maximum Gasteiger partial charge on any atom is 0.356 e. The van der Waals surface area contributed by atoms with Crippen LogP contribution in [0.3, 0.4) is 0 Å². The molecule has 0 amide bonds. The summed E-state index contributed by atoms with van der Waals surface area (Å²) >= 11 is 6.19. The molecule has 4 nitrogen and oxygen atoms in total. The number of anilines is 1. The van der Waals surface area contributed by atoms with Gasteiger partial charge in [-0.15, -0.1) is 0 Å². The lowest BCUT2D eigenvalue weighted by Crippen LogP contribution is -2.10. The van der Waals surface area contributed by atoms with Gasteiger partial charge in [-0.05, 0) is 25.1 Å². The predicted octanol–water partition coefficient (Wildman–Crippen LogP) is 2.59. The lowest BCUT2D eigenvalue weighted by Gasteiger charge is -2.03. The Bertz CT molecular complexity index is 590. The monoisotopic (exact) mass is 252 g/mol. The van der Waals surface area contributed by atoms with Gasteiger partial charge in [-0.3, -0.25) is 0 Å². The number of hydrogen-bond donors (Lipinski definition) is 1. The molecule has 0 radical (unpaired) electrons. The number of nitrogens with zero attached hydrogens (tertiary/aromatic N) is 1. The van der Waals surface area contributed by atoms with E-state index in [1.165, 1.54) is 0 Å². The Morgan fingerprint density at radius 3 is 2.88 bits per heavy atom. The second-order valence-corrected chi connectivity index (χ2v) is 4.10. The highest BCUT2D eigenvalue weighted by Gasteiger charge is 2.20. The first-order valence-corrected chi connectivity index (χ1v) is 5.64. The van der Waals surface area contributed by atoms with E-state index in [0.29, 0.717) is 23.0 Å². The summed E-state index contributed by atoms with van der Waals surface area (Å²) in [7, 11) is 1.77. The number of benzene rings is 1. The number of fused-ring (bicyclic) bond motifs is 1. The van der Waals surface area contributed by atoms with E-state index < -0.39 is 5.97 Å². The van der Waals surface area contributed by atoms with Crippen LogP contribution in [0.4, 0.5) is 5.69 Å². The number of hydrogen-bond acceptors (Lipinski definition) is 3. The Kier molecular flexibility index (Phi) is 2.98. The molecule has 0 unspecified atom stereocenters. The Labute approximate surface area is 104 Å². The molecule has 2 aromatic rings. The first kappa shape index (κ1) is 11.8. The van der Waals surface area contributed by atoms with E-state index in [0.717, 1.165) is 10.9 Å². The van der Waals surface area contributed by atoms with Gasteiger partial charge in [-0.1, -0.05) is 11.6 Å². The molecule has 0 atom stereocenters. The summed E-state index contributed by atoms with van der Waals surface area (Å²) in [5.74, 6) is -0.422. The van der Waals surface area contributed by atoms with E-state index in [4.69, 9.17) is 22.1 Å². The summed E-state index contributed by atoms with van der Waals surface area (Å²) in [5.41, 5.74) is 7.52. The number of nitrogens with two attached hydrogens (primary N) is 1. The van der Waals surface area contributed by atoms with Crippen molar-refractivity contribution in [3.05, 3.63) is 28.9 Å². The Balaban J connectivity index is 2.68. The van der Waals surface area contributed by atoms with Gasteiger partial charge in [-0.2, -0.15) is 0 Å². The highest BCUT2D eigenvalue weighted by molar-refractivity contribution is 6.38. The zero-order valence-electron chi connectivity index (χ0n) is 9.66. The highest BCUT2D eigenvalue weighted by atomic mass is 35.5. The molecular formula is C12H13ClN2O2. The molecule has 0 aliphatic heterocycles. The Morgan fingerprint density at radius 2 is 2.24 bits per heavy atom. The minimum atomic E-state index is -0.422. The molecule has 0 aliphatic rings. The lowest BCUT2D eigenvalue weighted by molar-refractivity contribution is 0.0516. The molecule has 5 heteroatoms. The largest absolute Gasteiger partial charge is 0.461 e.